The minimum atomic E-state index is -0.0308. The molecule has 0 atom stereocenters. The molecule has 2 aromatic carbocycles. The van der Waals surface area contributed by atoms with E-state index in [1.165, 1.54) is 0 Å². The fourth-order valence-electron chi connectivity index (χ4n) is 3.16. The van der Waals surface area contributed by atoms with E-state index < -0.39 is 0 Å². The van der Waals surface area contributed by atoms with Crippen molar-refractivity contribution in [3.63, 3.8) is 0 Å². The Morgan fingerprint density at radius 2 is 1.82 bits per heavy atom. The van der Waals surface area contributed by atoms with Crippen LogP contribution < -0.4 is 10.1 Å². The van der Waals surface area contributed by atoms with Gasteiger partial charge in [-0.15, -0.1) is 0 Å². The van der Waals surface area contributed by atoms with Gasteiger partial charge in [-0.3, -0.25) is 4.79 Å². The van der Waals surface area contributed by atoms with Crippen molar-refractivity contribution in [3.05, 3.63) is 65.7 Å². The third-order valence-electron chi connectivity index (χ3n) is 4.74. The molecule has 3 rings (SSSR count). The Bertz CT molecular complexity index is 924. The van der Waals surface area contributed by atoms with Gasteiger partial charge in [-0.1, -0.05) is 44.2 Å². The van der Waals surface area contributed by atoms with Gasteiger partial charge in [0, 0.05) is 24.1 Å². The second-order valence-electron chi connectivity index (χ2n) is 6.56. The van der Waals surface area contributed by atoms with E-state index in [9.17, 15) is 4.79 Å². The number of nitrogens with zero attached hydrogens (tertiary/aromatic N) is 1. The smallest absolute Gasteiger partial charge is 0.224 e. The number of oxazole rings is 1. The predicted molar refractivity (Wildman–Crippen MR) is 111 cm³/mol. The van der Waals surface area contributed by atoms with Crippen molar-refractivity contribution in [1.29, 1.82) is 0 Å². The van der Waals surface area contributed by atoms with Gasteiger partial charge in [0.05, 0.1) is 13.3 Å². The number of carbonyl (C=O) groups excluding carboxylic acids is 1. The van der Waals surface area contributed by atoms with Crippen LogP contribution >= 0.6 is 0 Å². The number of para-hydroxylation sites is 1. The number of nitrogens with one attached hydrogen (secondary N) is 1. The SMILES string of the molecule is CCc1cccc(CC)c1NC(=O)CCc1ncc(-c2cccc(OC)c2)o1. The van der Waals surface area contributed by atoms with E-state index in [0.717, 1.165) is 41.0 Å². The van der Waals surface area contributed by atoms with Gasteiger partial charge in [0.2, 0.25) is 5.91 Å². The van der Waals surface area contributed by atoms with E-state index in [1.807, 2.05) is 30.3 Å². The lowest BCUT2D eigenvalue weighted by molar-refractivity contribution is -0.116. The highest BCUT2D eigenvalue weighted by Gasteiger charge is 2.12. The zero-order valence-electron chi connectivity index (χ0n) is 16.6. The number of carbonyl (C=O) groups is 1. The summed E-state index contributed by atoms with van der Waals surface area (Å²) in [5, 5.41) is 3.08. The van der Waals surface area contributed by atoms with Crippen molar-refractivity contribution < 1.29 is 13.9 Å². The third kappa shape index (κ3) is 4.60. The molecule has 3 aromatic rings. The summed E-state index contributed by atoms with van der Waals surface area (Å²) in [7, 11) is 1.63. The number of hydrogen-bond donors (Lipinski definition) is 1. The summed E-state index contributed by atoms with van der Waals surface area (Å²) in [5.41, 5.74) is 4.15. The van der Waals surface area contributed by atoms with Crippen LogP contribution in [0, 0.1) is 0 Å². The summed E-state index contributed by atoms with van der Waals surface area (Å²) in [5.74, 6) is 1.94. The second kappa shape index (κ2) is 9.22. The van der Waals surface area contributed by atoms with Gasteiger partial charge in [0.1, 0.15) is 5.75 Å². The first kappa shape index (κ1) is 19.7. The Kier molecular flexibility index (Phi) is 6.48. The molecular formula is C23H26N2O3. The maximum absolute atomic E-state index is 12.5. The minimum Gasteiger partial charge on any atom is -0.497 e. The van der Waals surface area contributed by atoms with Crippen molar-refractivity contribution in [2.75, 3.05) is 12.4 Å². The molecule has 0 fully saturated rings. The Balaban J connectivity index is 1.64. The normalized spacial score (nSPS) is 10.7. The Morgan fingerprint density at radius 3 is 2.50 bits per heavy atom. The summed E-state index contributed by atoms with van der Waals surface area (Å²) in [4.78, 5) is 16.8. The van der Waals surface area contributed by atoms with Crippen LogP contribution in [0.25, 0.3) is 11.3 Å². The zero-order chi connectivity index (χ0) is 19.9. The van der Waals surface area contributed by atoms with E-state index in [0.29, 0.717) is 24.5 Å². The second-order valence-corrected chi connectivity index (χ2v) is 6.56. The molecule has 28 heavy (non-hydrogen) atoms. The lowest BCUT2D eigenvalue weighted by Gasteiger charge is -2.14. The largest absolute Gasteiger partial charge is 0.497 e. The highest BCUT2D eigenvalue weighted by atomic mass is 16.5. The Hall–Kier alpha value is -3.08. The summed E-state index contributed by atoms with van der Waals surface area (Å²) < 4.78 is 11.1. The fraction of sp³-hybridized carbons (Fsp3) is 0.304. The first-order valence-electron chi connectivity index (χ1n) is 9.64. The number of aryl methyl sites for hydroxylation is 3. The molecule has 0 bridgehead atoms. The van der Waals surface area contributed by atoms with Crippen molar-refractivity contribution >= 4 is 11.6 Å². The molecule has 0 unspecified atom stereocenters. The van der Waals surface area contributed by atoms with Gasteiger partial charge >= 0.3 is 0 Å². The van der Waals surface area contributed by atoms with Crippen LogP contribution in [0.2, 0.25) is 0 Å². The lowest BCUT2D eigenvalue weighted by atomic mass is 10.0. The number of anilines is 1. The summed E-state index contributed by atoms with van der Waals surface area (Å²) in [6.45, 7) is 4.19. The van der Waals surface area contributed by atoms with Crippen molar-refractivity contribution in [1.82, 2.24) is 4.98 Å². The van der Waals surface area contributed by atoms with Crippen LogP contribution in [0.4, 0.5) is 5.69 Å². The van der Waals surface area contributed by atoms with Crippen LogP contribution in [-0.2, 0) is 24.1 Å². The Labute approximate surface area is 165 Å². The number of rotatable bonds is 8. The Morgan fingerprint density at radius 1 is 1.11 bits per heavy atom. The van der Waals surface area contributed by atoms with Gasteiger partial charge in [-0.05, 0) is 36.1 Å². The van der Waals surface area contributed by atoms with Gasteiger partial charge in [0.25, 0.3) is 0 Å². The standard InChI is InChI=1S/C23H26N2O3/c1-4-16-8-6-9-17(5-2)23(16)25-21(26)12-13-22-24-15-20(28-22)18-10-7-11-19(14-18)27-3/h6-11,14-15H,4-5,12-13H2,1-3H3,(H,25,26). The summed E-state index contributed by atoms with van der Waals surface area (Å²) >= 11 is 0. The quantitative estimate of drug-likeness (QED) is 0.596. The molecular weight excluding hydrogens is 352 g/mol. The molecule has 0 saturated heterocycles. The van der Waals surface area contributed by atoms with E-state index in [1.54, 1.807) is 13.3 Å². The molecule has 1 amide bonds. The average molecular weight is 378 g/mol. The van der Waals surface area contributed by atoms with Gasteiger partial charge in [-0.2, -0.15) is 0 Å². The lowest BCUT2D eigenvalue weighted by Crippen LogP contribution is -2.15. The molecule has 1 N–H and O–H groups in total. The van der Waals surface area contributed by atoms with Gasteiger partial charge in [-0.25, -0.2) is 4.98 Å². The molecule has 146 valence electrons. The van der Waals surface area contributed by atoms with Gasteiger partial charge < -0.3 is 14.5 Å². The molecule has 1 heterocycles. The summed E-state index contributed by atoms with van der Waals surface area (Å²) in [6.07, 6.45) is 4.22. The molecule has 1 aromatic heterocycles. The number of benzene rings is 2. The van der Waals surface area contributed by atoms with E-state index in [-0.39, 0.29) is 5.91 Å². The number of ether oxygens (including phenoxy) is 1. The van der Waals surface area contributed by atoms with Gasteiger partial charge in [0.15, 0.2) is 11.7 Å². The molecule has 5 heteroatoms. The number of methoxy groups -OCH3 is 1. The topological polar surface area (TPSA) is 64.4 Å². The first-order valence-corrected chi connectivity index (χ1v) is 9.64. The zero-order valence-corrected chi connectivity index (χ0v) is 16.6. The van der Waals surface area contributed by atoms with Crippen LogP contribution in [0.3, 0.4) is 0 Å². The van der Waals surface area contributed by atoms with Crippen molar-refractivity contribution in [2.24, 2.45) is 0 Å². The van der Waals surface area contributed by atoms with E-state index in [2.05, 4.69) is 36.3 Å². The van der Waals surface area contributed by atoms with Crippen molar-refractivity contribution in [3.8, 4) is 17.1 Å². The molecule has 0 aliphatic carbocycles. The minimum absolute atomic E-state index is 0.0308. The van der Waals surface area contributed by atoms with E-state index in [4.69, 9.17) is 9.15 Å². The maximum Gasteiger partial charge on any atom is 0.224 e. The maximum atomic E-state index is 12.5. The van der Waals surface area contributed by atoms with Crippen LogP contribution in [0.5, 0.6) is 5.75 Å². The van der Waals surface area contributed by atoms with Crippen LogP contribution in [0.1, 0.15) is 37.3 Å². The molecule has 0 aliphatic heterocycles. The highest BCUT2D eigenvalue weighted by Crippen LogP contribution is 2.25. The van der Waals surface area contributed by atoms with Crippen LogP contribution in [0.15, 0.2) is 53.1 Å². The first-order chi connectivity index (χ1) is 13.6. The molecule has 0 aliphatic rings. The van der Waals surface area contributed by atoms with Crippen molar-refractivity contribution in [2.45, 2.75) is 39.5 Å². The highest BCUT2D eigenvalue weighted by molar-refractivity contribution is 5.92. The predicted octanol–water partition coefficient (Wildman–Crippen LogP) is 5.05. The fourth-order valence-corrected chi connectivity index (χ4v) is 3.16. The summed E-state index contributed by atoms with van der Waals surface area (Å²) in [6, 6.07) is 13.8. The monoisotopic (exact) mass is 378 g/mol. The number of amides is 1. The molecule has 0 saturated carbocycles. The molecule has 0 radical (unpaired) electrons. The molecule has 5 nitrogen and oxygen atoms in total. The number of hydrogen-bond acceptors (Lipinski definition) is 4. The third-order valence-corrected chi connectivity index (χ3v) is 4.74. The molecule has 0 spiro atoms. The number of aromatic nitrogens is 1. The van der Waals surface area contributed by atoms with E-state index >= 15 is 0 Å². The van der Waals surface area contributed by atoms with Crippen LogP contribution in [-0.4, -0.2) is 18.0 Å². The average Bonchev–Trinajstić information content (AvgIpc) is 3.21.